The molecule has 0 saturated heterocycles. The molecule has 0 heterocycles. The number of nitrogens with two attached hydrogens (primary N) is 1. The van der Waals surface area contributed by atoms with Gasteiger partial charge in [-0.05, 0) is 31.0 Å². The van der Waals surface area contributed by atoms with Gasteiger partial charge in [0, 0.05) is 26.0 Å². The van der Waals surface area contributed by atoms with Crippen LogP contribution in [-0.2, 0) is 19.7 Å². The number of para-hydroxylation sites is 1. The van der Waals surface area contributed by atoms with Crippen LogP contribution in [0.15, 0.2) is 60.7 Å². The summed E-state index contributed by atoms with van der Waals surface area (Å²) in [6, 6.07) is 20.5. The molecule has 3 N–H and O–H groups in total. The highest BCUT2D eigenvalue weighted by atomic mass is 28.4. The Balaban J connectivity index is 2.05. The van der Waals surface area contributed by atoms with E-state index in [2.05, 4.69) is 17.4 Å². The number of hydrogen-bond acceptors (Lipinski definition) is 5. The number of nitrogens with one attached hydrogen (secondary N) is 1. The number of aryl methyl sites for hydroxylation is 1. The fraction of sp³-hybridized carbons (Fsp3) is 0.333. The van der Waals surface area contributed by atoms with Gasteiger partial charge in [0.25, 0.3) is 0 Å². The molecule has 0 aliphatic carbocycles. The van der Waals surface area contributed by atoms with Gasteiger partial charge in [-0.15, -0.1) is 0 Å². The molecule has 6 heteroatoms. The van der Waals surface area contributed by atoms with Crippen LogP contribution in [0.1, 0.15) is 12.5 Å². The van der Waals surface area contributed by atoms with E-state index in [-0.39, 0.29) is 0 Å². The zero-order chi connectivity index (χ0) is 17.5. The molecule has 2 rings (SSSR count). The van der Waals surface area contributed by atoms with Gasteiger partial charge in [-0.2, -0.15) is 0 Å². The van der Waals surface area contributed by atoms with E-state index in [4.69, 9.17) is 19.0 Å². The van der Waals surface area contributed by atoms with E-state index in [0.29, 0.717) is 6.04 Å². The topological polar surface area (TPSA) is 65.7 Å². The van der Waals surface area contributed by atoms with Gasteiger partial charge in [0.2, 0.25) is 0 Å². The molecule has 0 bridgehead atoms. The van der Waals surface area contributed by atoms with Crippen LogP contribution >= 0.6 is 0 Å². The van der Waals surface area contributed by atoms with E-state index in [1.807, 2.05) is 48.5 Å². The third-order valence-corrected chi connectivity index (χ3v) is 6.56. The number of benzene rings is 2. The first-order valence-electron chi connectivity index (χ1n) is 7.95. The first-order valence-corrected chi connectivity index (χ1v) is 9.88. The Bertz CT molecular complexity index is 604. The van der Waals surface area contributed by atoms with E-state index in [1.165, 1.54) is 5.56 Å². The summed E-state index contributed by atoms with van der Waals surface area (Å²) in [5.41, 5.74) is 8.38. The maximum Gasteiger partial charge on any atom is 0.503 e. The lowest BCUT2D eigenvalue weighted by Crippen LogP contribution is -2.58. The fourth-order valence-electron chi connectivity index (χ4n) is 2.52. The van der Waals surface area contributed by atoms with Gasteiger partial charge in [-0.1, -0.05) is 48.5 Å². The van der Waals surface area contributed by atoms with Gasteiger partial charge >= 0.3 is 8.80 Å². The molecule has 0 radical (unpaired) electrons. The molecule has 130 valence electrons. The van der Waals surface area contributed by atoms with Crippen molar-refractivity contribution < 1.29 is 13.3 Å². The van der Waals surface area contributed by atoms with Crippen LogP contribution in [0.5, 0.6) is 0 Å². The molecular weight excluding hydrogens is 320 g/mol. The van der Waals surface area contributed by atoms with Crippen LogP contribution in [0.25, 0.3) is 0 Å². The molecule has 0 aliphatic heterocycles. The molecule has 1 atom stereocenters. The fourth-order valence-corrected chi connectivity index (χ4v) is 4.66. The Labute approximate surface area is 145 Å². The summed E-state index contributed by atoms with van der Waals surface area (Å²) in [7, 11) is 0.318. The average Bonchev–Trinajstić information content (AvgIpc) is 2.60. The third kappa shape index (κ3) is 5.43. The number of rotatable bonds is 9. The second kappa shape index (κ2) is 8.41. The van der Waals surface area contributed by atoms with Crippen molar-refractivity contribution in [2.24, 2.45) is 5.73 Å². The van der Waals surface area contributed by atoms with Crippen LogP contribution in [0.3, 0.4) is 0 Å². The van der Waals surface area contributed by atoms with Gasteiger partial charge < -0.3 is 18.6 Å². The van der Waals surface area contributed by atoms with Crippen molar-refractivity contribution in [2.75, 3.05) is 19.5 Å². The van der Waals surface area contributed by atoms with E-state index in [9.17, 15) is 0 Å². The quantitative estimate of drug-likeness (QED) is 0.539. The highest BCUT2D eigenvalue weighted by Gasteiger charge is 2.44. The minimum absolute atomic E-state index is 0.646. The molecule has 0 saturated carbocycles. The summed E-state index contributed by atoms with van der Waals surface area (Å²) in [6.45, 7) is 1.77. The Morgan fingerprint density at radius 2 is 1.50 bits per heavy atom. The normalized spacial score (nSPS) is 14.2. The Hall–Kier alpha value is -1.70. The van der Waals surface area contributed by atoms with Gasteiger partial charge in [-0.25, -0.2) is 0 Å². The second-order valence-corrected chi connectivity index (χ2v) is 8.66. The Morgan fingerprint density at radius 3 is 2.04 bits per heavy atom. The molecule has 5 nitrogen and oxygen atoms in total. The average molecular weight is 347 g/mol. The molecule has 24 heavy (non-hydrogen) atoms. The third-order valence-electron chi connectivity index (χ3n) is 3.72. The summed E-state index contributed by atoms with van der Waals surface area (Å²) in [6.07, 6.45) is 0.802. The standard InChI is InChI=1S/C18H26N2O3Si/c1-18(19,20-17-12-8-5-9-13-17)23-24(21-2,22-3)15-14-16-10-6-4-7-11-16/h4-13,20H,14-15,19H2,1-3H3. The van der Waals surface area contributed by atoms with Crippen molar-refractivity contribution in [3.8, 4) is 0 Å². The van der Waals surface area contributed by atoms with Crippen molar-refractivity contribution in [3.05, 3.63) is 66.2 Å². The van der Waals surface area contributed by atoms with Crippen molar-refractivity contribution >= 4 is 14.5 Å². The summed E-state index contributed by atoms with van der Waals surface area (Å²) in [5.74, 6) is -1.10. The minimum Gasteiger partial charge on any atom is -0.377 e. The minimum atomic E-state index is -2.90. The summed E-state index contributed by atoms with van der Waals surface area (Å²) < 4.78 is 17.4. The van der Waals surface area contributed by atoms with E-state index in [0.717, 1.165) is 12.1 Å². The highest BCUT2D eigenvalue weighted by Crippen LogP contribution is 2.23. The van der Waals surface area contributed by atoms with Crippen LogP contribution in [0.4, 0.5) is 5.69 Å². The van der Waals surface area contributed by atoms with Crippen LogP contribution in [-0.4, -0.2) is 28.9 Å². The molecule has 2 aromatic carbocycles. The van der Waals surface area contributed by atoms with Gasteiger partial charge in [0.05, 0.1) is 0 Å². The summed E-state index contributed by atoms with van der Waals surface area (Å²) >= 11 is 0. The molecule has 0 spiro atoms. The van der Waals surface area contributed by atoms with Crippen molar-refractivity contribution in [1.29, 1.82) is 0 Å². The van der Waals surface area contributed by atoms with Crippen molar-refractivity contribution in [2.45, 2.75) is 25.2 Å². The summed E-state index contributed by atoms with van der Waals surface area (Å²) in [5, 5.41) is 3.17. The van der Waals surface area contributed by atoms with Crippen LogP contribution in [0, 0.1) is 0 Å². The lowest BCUT2D eigenvalue weighted by atomic mass is 10.2. The highest BCUT2D eigenvalue weighted by molar-refractivity contribution is 6.60. The SMILES string of the molecule is CO[Si](CCc1ccccc1)(OC)OC(C)(N)Nc1ccccc1. The van der Waals surface area contributed by atoms with Crippen LogP contribution < -0.4 is 11.1 Å². The van der Waals surface area contributed by atoms with Gasteiger partial charge in [-0.3, -0.25) is 5.73 Å². The first kappa shape index (κ1) is 18.6. The van der Waals surface area contributed by atoms with Crippen molar-refractivity contribution in [1.82, 2.24) is 0 Å². The molecule has 1 unspecified atom stereocenters. The lowest BCUT2D eigenvalue weighted by Gasteiger charge is -2.36. The molecule has 2 aromatic rings. The number of hydrogen-bond donors (Lipinski definition) is 2. The maximum absolute atomic E-state index is 6.30. The Morgan fingerprint density at radius 1 is 0.958 bits per heavy atom. The largest absolute Gasteiger partial charge is 0.503 e. The van der Waals surface area contributed by atoms with E-state index in [1.54, 1.807) is 21.1 Å². The monoisotopic (exact) mass is 346 g/mol. The molecular formula is C18H26N2O3Si. The zero-order valence-electron chi connectivity index (χ0n) is 14.5. The molecule has 0 aromatic heterocycles. The lowest BCUT2D eigenvalue weighted by molar-refractivity contribution is 0.0148. The maximum atomic E-state index is 6.30. The summed E-state index contributed by atoms with van der Waals surface area (Å²) in [4.78, 5) is 0. The predicted octanol–water partition coefficient (Wildman–Crippen LogP) is 3.22. The molecule has 0 aliphatic rings. The predicted molar refractivity (Wildman–Crippen MR) is 98.5 cm³/mol. The Kier molecular flexibility index (Phi) is 6.53. The van der Waals surface area contributed by atoms with Crippen LogP contribution in [0.2, 0.25) is 6.04 Å². The first-order chi connectivity index (χ1) is 11.5. The van der Waals surface area contributed by atoms with Gasteiger partial charge in [0.15, 0.2) is 5.85 Å². The second-order valence-electron chi connectivity index (χ2n) is 5.78. The van der Waals surface area contributed by atoms with Crippen molar-refractivity contribution in [3.63, 3.8) is 0 Å². The van der Waals surface area contributed by atoms with Gasteiger partial charge in [0.1, 0.15) is 0 Å². The van der Waals surface area contributed by atoms with E-state index < -0.39 is 14.7 Å². The smallest absolute Gasteiger partial charge is 0.377 e. The molecule has 0 amide bonds. The number of anilines is 1. The van der Waals surface area contributed by atoms with E-state index >= 15 is 0 Å². The zero-order valence-corrected chi connectivity index (χ0v) is 15.5. The molecule has 0 fully saturated rings.